The van der Waals surface area contributed by atoms with Crippen molar-refractivity contribution in [1.82, 2.24) is 29.5 Å². The first-order valence-corrected chi connectivity index (χ1v) is 11.8. The smallest absolute Gasteiger partial charge is 0.257 e. The van der Waals surface area contributed by atoms with E-state index in [0.717, 1.165) is 60.4 Å². The number of carbonyl (C=O) groups is 2. The number of hydrogen-bond donors (Lipinski definition) is 0. The van der Waals surface area contributed by atoms with Crippen LogP contribution >= 0.6 is 0 Å². The molecule has 0 spiro atoms. The first-order chi connectivity index (χ1) is 16.7. The summed E-state index contributed by atoms with van der Waals surface area (Å²) >= 11 is 0. The maximum Gasteiger partial charge on any atom is 0.257 e. The third-order valence-corrected chi connectivity index (χ3v) is 7.02. The highest BCUT2D eigenvalue weighted by Crippen LogP contribution is 2.43. The number of rotatable bonds is 5. The normalized spacial score (nSPS) is 17.2. The van der Waals surface area contributed by atoms with Crippen LogP contribution in [-0.2, 0) is 17.6 Å². The van der Waals surface area contributed by atoms with Crippen molar-refractivity contribution >= 4 is 12.3 Å². The van der Waals surface area contributed by atoms with Gasteiger partial charge >= 0.3 is 0 Å². The fraction of sp³-hybridized carbons (Fsp3) is 0.400. The number of fused-ring (bicyclic) bond motifs is 3. The highest BCUT2D eigenvalue weighted by Gasteiger charge is 2.35. The van der Waals surface area contributed by atoms with E-state index in [1.165, 1.54) is 5.56 Å². The third kappa shape index (κ3) is 3.52. The number of amides is 2. The van der Waals surface area contributed by atoms with Crippen LogP contribution in [0.15, 0.2) is 30.6 Å². The highest BCUT2D eigenvalue weighted by molar-refractivity contribution is 5.95. The monoisotopic (exact) mass is 458 g/mol. The lowest BCUT2D eigenvalue weighted by Gasteiger charge is -2.32. The third-order valence-electron chi connectivity index (χ3n) is 7.02. The van der Waals surface area contributed by atoms with Crippen molar-refractivity contribution in [3.63, 3.8) is 0 Å². The van der Waals surface area contributed by atoms with Crippen LogP contribution in [0.5, 0.6) is 5.75 Å². The zero-order valence-electron chi connectivity index (χ0n) is 19.1. The Morgan fingerprint density at radius 1 is 1.09 bits per heavy atom. The lowest BCUT2D eigenvalue weighted by molar-refractivity contribution is -0.119. The van der Waals surface area contributed by atoms with Crippen molar-refractivity contribution in [3.8, 4) is 23.0 Å². The van der Waals surface area contributed by atoms with Crippen LogP contribution in [0.1, 0.15) is 45.9 Å². The van der Waals surface area contributed by atoms with Gasteiger partial charge in [-0.05, 0) is 55.0 Å². The highest BCUT2D eigenvalue weighted by atomic mass is 16.5. The fourth-order valence-electron chi connectivity index (χ4n) is 4.95. The Hall–Kier alpha value is -3.75. The molecule has 0 unspecified atom stereocenters. The molecule has 3 aliphatic rings. The summed E-state index contributed by atoms with van der Waals surface area (Å²) < 4.78 is 7.15. The summed E-state index contributed by atoms with van der Waals surface area (Å²) in [6.07, 6.45) is 8.25. The van der Waals surface area contributed by atoms with Gasteiger partial charge in [0.15, 0.2) is 0 Å². The minimum absolute atomic E-state index is 0.0332. The molecule has 3 aromatic rings. The molecule has 1 saturated heterocycles. The van der Waals surface area contributed by atoms with Gasteiger partial charge in [0.1, 0.15) is 5.75 Å². The number of nitrogens with zero attached hydrogens (tertiary/aromatic N) is 6. The Morgan fingerprint density at radius 2 is 1.88 bits per heavy atom. The topological polar surface area (TPSA) is 93.5 Å². The second-order valence-electron chi connectivity index (χ2n) is 9.13. The fourth-order valence-corrected chi connectivity index (χ4v) is 4.95. The number of hydrogen-bond acceptors (Lipinski definition) is 6. The molecule has 2 amide bonds. The number of methoxy groups -OCH3 is 1. The molecule has 2 fully saturated rings. The van der Waals surface area contributed by atoms with E-state index in [2.05, 4.69) is 22.2 Å². The molecule has 2 aromatic heterocycles. The van der Waals surface area contributed by atoms with E-state index in [1.54, 1.807) is 22.9 Å². The molecular weight excluding hydrogens is 432 g/mol. The predicted molar refractivity (Wildman–Crippen MR) is 124 cm³/mol. The van der Waals surface area contributed by atoms with Gasteiger partial charge in [0.25, 0.3) is 11.9 Å². The Bertz CT molecular complexity index is 1270. The van der Waals surface area contributed by atoms with E-state index in [4.69, 9.17) is 9.72 Å². The van der Waals surface area contributed by atoms with E-state index in [0.29, 0.717) is 37.7 Å². The van der Waals surface area contributed by atoms with E-state index in [1.807, 2.05) is 17.2 Å². The summed E-state index contributed by atoms with van der Waals surface area (Å²) in [7, 11) is 1.68. The second kappa shape index (κ2) is 8.23. The molecule has 1 saturated carbocycles. The molecule has 9 nitrogen and oxygen atoms in total. The number of carbonyl (C=O) groups excluding carboxylic acids is 2. The van der Waals surface area contributed by atoms with Crippen molar-refractivity contribution in [2.24, 2.45) is 0 Å². The average Bonchev–Trinajstić information content (AvgIpc) is 3.65. The Balaban J connectivity index is 1.36. The van der Waals surface area contributed by atoms with Gasteiger partial charge < -0.3 is 14.5 Å². The lowest BCUT2D eigenvalue weighted by atomic mass is 9.90. The predicted octanol–water partition coefficient (Wildman–Crippen LogP) is 2.23. The minimum atomic E-state index is -0.0332. The molecule has 34 heavy (non-hydrogen) atoms. The van der Waals surface area contributed by atoms with Crippen molar-refractivity contribution in [2.75, 3.05) is 33.3 Å². The molecule has 6 rings (SSSR count). The quantitative estimate of drug-likeness (QED) is 0.545. The van der Waals surface area contributed by atoms with Gasteiger partial charge in [-0.15, -0.1) is 0 Å². The zero-order chi connectivity index (χ0) is 23.2. The van der Waals surface area contributed by atoms with Crippen LogP contribution in [-0.4, -0.2) is 75.2 Å². The maximum atomic E-state index is 13.4. The Morgan fingerprint density at radius 3 is 2.62 bits per heavy atom. The summed E-state index contributed by atoms with van der Waals surface area (Å²) in [5, 5.41) is 4.58. The van der Waals surface area contributed by atoms with Crippen molar-refractivity contribution in [2.45, 2.75) is 31.6 Å². The van der Waals surface area contributed by atoms with E-state index in [-0.39, 0.29) is 11.8 Å². The molecule has 0 bridgehead atoms. The van der Waals surface area contributed by atoms with Crippen LogP contribution in [0.3, 0.4) is 0 Å². The Kier molecular flexibility index (Phi) is 5.04. The molecule has 0 radical (unpaired) electrons. The van der Waals surface area contributed by atoms with Gasteiger partial charge in [0, 0.05) is 43.9 Å². The van der Waals surface area contributed by atoms with Crippen LogP contribution in [0.25, 0.3) is 17.2 Å². The van der Waals surface area contributed by atoms with Gasteiger partial charge in [-0.2, -0.15) is 5.10 Å². The van der Waals surface area contributed by atoms with Gasteiger partial charge in [-0.25, -0.2) is 14.6 Å². The van der Waals surface area contributed by atoms with Crippen LogP contribution in [0, 0.1) is 0 Å². The molecule has 9 heteroatoms. The summed E-state index contributed by atoms with van der Waals surface area (Å²) in [6.45, 7) is 2.17. The van der Waals surface area contributed by atoms with Crippen molar-refractivity contribution in [3.05, 3.63) is 53.0 Å². The number of aryl methyl sites for hydroxylation is 2. The number of benzene rings is 1. The molecule has 0 N–H and O–H groups in total. The summed E-state index contributed by atoms with van der Waals surface area (Å²) in [6, 6.07) is 6.09. The largest absolute Gasteiger partial charge is 0.497 e. The molecular formula is C25H26N6O3. The standard InChI is InChI=1S/C25H26N6O3/c1-34-19-6-7-20-17(12-19)4-5-18-13-26-25(28-22(18)20)31-23(16-2-3-16)21(14-27-31)24(33)30-10-8-29(15-32)9-11-30/h6-7,12-16H,2-5,8-11H2,1H3. The van der Waals surface area contributed by atoms with E-state index < -0.39 is 0 Å². The molecule has 0 atom stereocenters. The van der Waals surface area contributed by atoms with Gasteiger partial charge in [0.2, 0.25) is 6.41 Å². The SMILES string of the molecule is COc1ccc2c(c1)CCc1cnc(-n3ncc(C(=O)N4CCN(C=O)CC4)c3C3CC3)nc1-2. The van der Waals surface area contributed by atoms with Gasteiger partial charge in [-0.3, -0.25) is 9.59 Å². The zero-order valence-corrected chi connectivity index (χ0v) is 19.1. The minimum Gasteiger partial charge on any atom is -0.497 e. The van der Waals surface area contributed by atoms with Crippen molar-refractivity contribution < 1.29 is 14.3 Å². The summed E-state index contributed by atoms with van der Waals surface area (Å²) in [5.41, 5.74) is 5.86. The first-order valence-electron chi connectivity index (χ1n) is 11.8. The lowest BCUT2D eigenvalue weighted by Crippen LogP contribution is -2.48. The summed E-state index contributed by atoms with van der Waals surface area (Å²) in [5.74, 6) is 1.59. The Labute approximate surface area is 197 Å². The molecule has 2 aliphatic carbocycles. The average molecular weight is 459 g/mol. The maximum absolute atomic E-state index is 13.4. The summed E-state index contributed by atoms with van der Waals surface area (Å²) in [4.78, 5) is 37.5. The molecule has 3 heterocycles. The molecule has 1 aromatic carbocycles. The van der Waals surface area contributed by atoms with Gasteiger partial charge in [-0.1, -0.05) is 0 Å². The molecule has 174 valence electrons. The van der Waals surface area contributed by atoms with Crippen LogP contribution < -0.4 is 4.74 Å². The molecule has 1 aliphatic heterocycles. The number of ether oxygens (including phenoxy) is 1. The second-order valence-corrected chi connectivity index (χ2v) is 9.13. The van der Waals surface area contributed by atoms with Gasteiger partial charge in [0.05, 0.1) is 30.3 Å². The van der Waals surface area contributed by atoms with Crippen LogP contribution in [0.4, 0.5) is 0 Å². The number of aromatic nitrogens is 4. The van der Waals surface area contributed by atoms with Crippen molar-refractivity contribution in [1.29, 1.82) is 0 Å². The first kappa shape index (κ1) is 20.8. The van der Waals surface area contributed by atoms with Crippen LogP contribution in [0.2, 0.25) is 0 Å². The van der Waals surface area contributed by atoms with E-state index >= 15 is 0 Å². The van der Waals surface area contributed by atoms with E-state index in [9.17, 15) is 9.59 Å². The number of piperazine rings is 1.